The van der Waals surface area contributed by atoms with Gasteiger partial charge in [-0.25, -0.2) is 0 Å². The molecule has 0 bridgehead atoms. The average molecular weight is 219 g/mol. The molecule has 60 valence electrons. The van der Waals surface area contributed by atoms with E-state index in [-0.39, 0.29) is 0 Å². The summed E-state index contributed by atoms with van der Waals surface area (Å²) in [5.41, 5.74) is 0.705. The summed E-state index contributed by atoms with van der Waals surface area (Å²) < 4.78 is 7.54. The van der Waals surface area contributed by atoms with Crippen molar-refractivity contribution in [2.75, 3.05) is 6.61 Å². The van der Waals surface area contributed by atoms with Crippen LogP contribution in [0.1, 0.15) is 12.0 Å². The lowest BCUT2D eigenvalue weighted by Gasteiger charge is -2.19. The molecule has 0 saturated carbocycles. The van der Waals surface area contributed by atoms with E-state index in [9.17, 15) is 5.11 Å². The van der Waals surface area contributed by atoms with Crippen LogP contribution in [0.4, 0.5) is 0 Å². The first kappa shape index (κ1) is 7.27. The largest absolute Gasteiger partial charge is 0.363 e. The Morgan fingerprint density at radius 3 is 3.36 bits per heavy atom. The molecule has 1 aliphatic heterocycles. The third-order valence-corrected chi connectivity index (χ3v) is 2.26. The summed E-state index contributed by atoms with van der Waals surface area (Å²) in [7, 11) is 0. The van der Waals surface area contributed by atoms with Crippen LogP contribution in [0.2, 0.25) is 0 Å². The predicted molar refractivity (Wildman–Crippen MR) is 40.8 cm³/mol. The van der Waals surface area contributed by atoms with E-state index in [1.807, 2.05) is 0 Å². The normalized spacial score (nSPS) is 23.3. The van der Waals surface area contributed by atoms with Crippen LogP contribution >= 0.6 is 15.9 Å². The van der Waals surface area contributed by atoms with Gasteiger partial charge in [-0.1, -0.05) is 0 Å². The van der Waals surface area contributed by atoms with Crippen molar-refractivity contribution in [1.82, 2.24) is 9.78 Å². The molecule has 4 nitrogen and oxygen atoms in total. The summed E-state index contributed by atoms with van der Waals surface area (Å²) in [5, 5.41) is 13.4. The van der Waals surface area contributed by atoms with E-state index < -0.39 is 6.29 Å². The molecule has 1 unspecified atom stereocenters. The smallest absolute Gasteiger partial charge is 0.199 e. The van der Waals surface area contributed by atoms with Crippen molar-refractivity contribution in [2.24, 2.45) is 0 Å². The molecule has 1 aliphatic rings. The van der Waals surface area contributed by atoms with Gasteiger partial charge in [0.25, 0.3) is 0 Å². The van der Waals surface area contributed by atoms with Crippen molar-refractivity contribution in [3.63, 3.8) is 0 Å². The van der Waals surface area contributed by atoms with E-state index in [0.717, 1.165) is 4.47 Å². The molecule has 5 heteroatoms. The van der Waals surface area contributed by atoms with Crippen molar-refractivity contribution in [1.29, 1.82) is 0 Å². The van der Waals surface area contributed by atoms with Gasteiger partial charge < -0.3 is 9.84 Å². The summed E-state index contributed by atoms with van der Waals surface area (Å²) >= 11 is 3.27. The molecule has 0 amide bonds. The van der Waals surface area contributed by atoms with E-state index in [1.54, 1.807) is 10.9 Å². The highest BCUT2D eigenvalue weighted by atomic mass is 79.9. The molecular weight excluding hydrogens is 212 g/mol. The number of nitrogens with zero attached hydrogens (tertiary/aromatic N) is 2. The second-order valence-corrected chi connectivity index (χ2v) is 3.18. The number of ether oxygens (including phenoxy) is 1. The minimum absolute atomic E-state index is 0.516. The SMILES string of the molecule is OC1OCCn2ncc(Br)c21. The quantitative estimate of drug-likeness (QED) is 0.697. The van der Waals surface area contributed by atoms with Gasteiger partial charge in [0.05, 0.1) is 23.8 Å². The fraction of sp³-hybridized carbons (Fsp3) is 0.500. The molecule has 0 aromatic carbocycles. The fourth-order valence-electron chi connectivity index (χ4n) is 1.13. The Labute approximate surface area is 71.9 Å². The van der Waals surface area contributed by atoms with Gasteiger partial charge in [-0.2, -0.15) is 5.10 Å². The highest BCUT2D eigenvalue weighted by Crippen LogP contribution is 2.26. The van der Waals surface area contributed by atoms with E-state index in [4.69, 9.17) is 4.74 Å². The number of aliphatic hydroxyl groups is 1. The zero-order valence-corrected chi connectivity index (χ0v) is 7.28. The standard InChI is InChI=1S/C6H7BrN2O2/c7-4-3-8-9-1-2-11-6(10)5(4)9/h3,6,10H,1-2H2. The second-order valence-electron chi connectivity index (χ2n) is 2.32. The van der Waals surface area contributed by atoms with Gasteiger partial charge in [-0.05, 0) is 15.9 Å². The topological polar surface area (TPSA) is 47.3 Å². The van der Waals surface area contributed by atoms with Crippen LogP contribution in [0.25, 0.3) is 0 Å². The van der Waals surface area contributed by atoms with Crippen LogP contribution < -0.4 is 0 Å². The van der Waals surface area contributed by atoms with Crippen LogP contribution in [-0.2, 0) is 11.3 Å². The van der Waals surface area contributed by atoms with Crippen molar-refractivity contribution in [3.05, 3.63) is 16.4 Å². The van der Waals surface area contributed by atoms with Crippen molar-refractivity contribution < 1.29 is 9.84 Å². The minimum Gasteiger partial charge on any atom is -0.363 e. The van der Waals surface area contributed by atoms with Crippen LogP contribution in [0.3, 0.4) is 0 Å². The van der Waals surface area contributed by atoms with Gasteiger partial charge in [0.2, 0.25) is 0 Å². The Balaban J connectivity index is 2.48. The number of aliphatic hydroxyl groups excluding tert-OH is 1. The monoisotopic (exact) mass is 218 g/mol. The Hall–Kier alpha value is -0.390. The van der Waals surface area contributed by atoms with Gasteiger partial charge in [-0.15, -0.1) is 0 Å². The Morgan fingerprint density at radius 1 is 1.82 bits per heavy atom. The Morgan fingerprint density at radius 2 is 2.64 bits per heavy atom. The molecular formula is C6H7BrN2O2. The summed E-state index contributed by atoms with van der Waals surface area (Å²) in [6.07, 6.45) is 0.827. The van der Waals surface area contributed by atoms with Crippen LogP contribution in [-0.4, -0.2) is 21.5 Å². The Bertz CT molecular complexity index is 274. The van der Waals surface area contributed by atoms with E-state index in [1.165, 1.54) is 0 Å². The maximum absolute atomic E-state index is 9.32. The lowest BCUT2D eigenvalue weighted by atomic mass is 10.4. The first-order valence-electron chi connectivity index (χ1n) is 3.30. The summed E-state index contributed by atoms with van der Waals surface area (Å²) in [5.74, 6) is 0. The number of hydrogen-bond acceptors (Lipinski definition) is 3. The molecule has 1 atom stereocenters. The van der Waals surface area contributed by atoms with Crippen LogP contribution in [0.5, 0.6) is 0 Å². The molecule has 0 saturated heterocycles. The lowest BCUT2D eigenvalue weighted by Crippen LogP contribution is -2.21. The van der Waals surface area contributed by atoms with Crippen LogP contribution in [0.15, 0.2) is 10.7 Å². The third kappa shape index (κ3) is 1.09. The Kier molecular flexibility index (Phi) is 1.71. The van der Waals surface area contributed by atoms with E-state index in [0.29, 0.717) is 18.8 Å². The predicted octanol–water partition coefficient (Wildman–Crippen LogP) is 0.667. The summed E-state index contributed by atoms with van der Waals surface area (Å²) in [4.78, 5) is 0. The first-order chi connectivity index (χ1) is 5.29. The van der Waals surface area contributed by atoms with Crippen LogP contribution in [0, 0.1) is 0 Å². The minimum atomic E-state index is -0.833. The molecule has 0 spiro atoms. The highest BCUT2D eigenvalue weighted by Gasteiger charge is 2.21. The molecule has 1 N–H and O–H groups in total. The lowest BCUT2D eigenvalue weighted by molar-refractivity contribution is -0.126. The summed E-state index contributed by atoms with van der Waals surface area (Å²) in [6, 6.07) is 0. The molecule has 1 aromatic rings. The molecule has 11 heavy (non-hydrogen) atoms. The number of rotatable bonds is 0. The number of aromatic nitrogens is 2. The molecule has 2 rings (SSSR count). The molecule has 1 aromatic heterocycles. The molecule has 2 heterocycles. The summed E-state index contributed by atoms with van der Waals surface area (Å²) in [6.45, 7) is 1.22. The zero-order chi connectivity index (χ0) is 7.84. The van der Waals surface area contributed by atoms with E-state index in [2.05, 4.69) is 21.0 Å². The van der Waals surface area contributed by atoms with Gasteiger partial charge in [0, 0.05) is 0 Å². The van der Waals surface area contributed by atoms with Crippen molar-refractivity contribution in [2.45, 2.75) is 12.8 Å². The van der Waals surface area contributed by atoms with Gasteiger partial charge in [0.15, 0.2) is 6.29 Å². The number of halogens is 1. The van der Waals surface area contributed by atoms with Crippen molar-refractivity contribution >= 4 is 15.9 Å². The molecule has 0 radical (unpaired) electrons. The highest BCUT2D eigenvalue weighted by molar-refractivity contribution is 9.10. The number of hydrogen-bond donors (Lipinski definition) is 1. The average Bonchev–Trinajstić information content (AvgIpc) is 2.34. The third-order valence-electron chi connectivity index (χ3n) is 1.65. The fourth-order valence-corrected chi connectivity index (χ4v) is 1.62. The van der Waals surface area contributed by atoms with Crippen molar-refractivity contribution in [3.8, 4) is 0 Å². The zero-order valence-electron chi connectivity index (χ0n) is 5.70. The molecule has 0 fully saturated rings. The maximum atomic E-state index is 9.32. The number of fused-ring (bicyclic) bond motifs is 1. The maximum Gasteiger partial charge on any atom is 0.199 e. The molecule has 0 aliphatic carbocycles. The van der Waals surface area contributed by atoms with Gasteiger partial charge in [-0.3, -0.25) is 4.68 Å². The first-order valence-corrected chi connectivity index (χ1v) is 4.09. The van der Waals surface area contributed by atoms with Gasteiger partial charge >= 0.3 is 0 Å². The van der Waals surface area contributed by atoms with Gasteiger partial charge in [0.1, 0.15) is 5.69 Å². The van der Waals surface area contributed by atoms with E-state index >= 15 is 0 Å². The second kappa shape index (κ2) is 2.58.